The van der Waals surface area contributed by atoms with Crippen molar-refractivity contribution >= 4 is 55.4 Å². The molecule has 0 fully saturated rings. The molecule has 36 heavy (non-hydrogen) atoms. The summed E-state index contributed by atoms with van der Waals surface area (Å²) in [6.45, 7) is 11.0. The van der Waals surface area contributed by atoms with Gasteiger partial charge in [0.2, 0.25) is 5.91 Å². The highest BCUT2D eigenvalue weighted by Crippen LogP contribution is 2.31. The molecule has 5 rings (SSSR count). The van der Waals surface area contributed by atoms with Gasteiger partial charge in [0.25, 0.3) is 0 Å². The van der Waals surface area contributed by atoms with Gasteiger partial charge in [-0.1, -0.05) is 6.08 Å². The maximum absolute atomic E-state index is 12.9. The van der Waals surface area contributed by atoms with E-state index in [1.807, 2.05) is 28.7 Å². The van der Waals surface area contributed by atoms with Crippen molar-refractivity contribution in [3.05, 3.63) is 53.8 Å². The molecule has 1 aromatic carbocycles. The lowest BCUT2D eigenvalue weighted by Crippen LogP contribution is -2.41. The Balaban J connectivity index is 1.27. The summed E-state index contributed by atoms with van der Waals surface area (Å²) in [6, 6.07) is 11.3. The number of carbonyl (C=O) groups excluding carboxylic acids is 1. The summed E-state index contributed by atoms with van der Waals surface area (Å²) in [5.74, 6) is 0.235. The third-order valence-electron chi connectivity index (χ3n) is 6.96. The molecule has 2 N–H and O–H groups in total. The third kappa shape index (κ3) is 5.15. The summed E-state index contributed by atoms with van der Waals surface area (Å²) in [5.41, 5.74) is 8.10. The van der Waals surface area contributed by atoms with Gasteiger partial charge in [-0.25, -0.2) is 9.97 Å². The fourth-order valence-electron chi connectivity index (χ4n) is 5.03. The molecule has 1 amide bonds. The zero-order valence-electron chi connectivity index (χ0n) is 21.4. The van der Waals surface area contributed by atoms with Crippen molar-refractivity contribution in [3.8, 4) is 0 Å². The monoisotopic (exact) mass is 502 g/mol. The second-order valence-corrected chi connectivity index (χ2v) is 10.8. The van der Waals surface area contributed by atoms with Crippen LogP contribution >= 0.6 is 11.3 Å². The number of rotatable bonds is 8. The number of thiazole rings is 1. The van der Waals surface area contributed by atoms with Crippen LogP contribution in [0.4, 0.5) is 11.4 Å². The number of anilines is 2. The first-order valence-electron chi connectivity index (χ1n) is 12.7. The molecule has 0 saturated heterocycles. The van der Waals surface area contributed by atoms with Gasteiger partial charge in [-0.3, -0.25) is 9.69 Å². The van der Waals surface area contributed by atoms with E-state index in [0.29, 0.717) is 25.0 Å². The number of carbonyl (C=O) groups is 1. The van der Waals surface area contributed by atoms with Crippen LogP contribution in [-0.4, -0.2) is 62.4 Å². The van der Waals surface area contributed by atoms with Gasteiger partial charge in [0, 0.05) is 61.1 Å². The second-order valence-electron chi connectivity index (χ2n) is 9.96. The Kier molecular flexibility index (Phi) is 7.07. The predicted molar refractivity (Wildman–Crippen MR) is 150 cm³/mol. The minimum absolute atomic E-state index is 0.235. The number of hydrogen-bond acceptors (Lipinski definition) is 6. The first-order valence-corrected chi connectivity index (χ1v) is 13.6. The zero-order valence-corrected chi connectivity index (χ0v) is 22.2. The molecule has 0 spiro atoms. The van der Waals surface area contributed by atoms with E-state index in [2.05, 4.69) is 77.1 Å². The molecule has 0 saturated carbocycles. The van der Waals surface area contributed by atoms with Gasteiger partial charge >= 0.3 is 0 Å². The number of nitrogens with one attached hydrogen (secondary N) is 2. The molecule has 4 aromatic rings. The molecule has 0 bridgehead atoms. The highest BCUT2D eigenvalue weighted by atomic mass is 32.1. The Morgan fingerprint density at radius 1 is 1.17 bits per heavy atom. The standard InChI is InChI=1S/C28H34N6OS/c1-18(2)34(19(3)4)14-10-27(35)33-12-8-20(9-13-33)25-16-22-23(7-11-29-28(22)32-25)31-21-5-6-24-26(15-21)36-17-30-24/h5-8,11,15-19H,9-10,12-14H2,1-4H3,(H2,29,31,32). The summed E-state index contributed by atoms with van der Waals surface area (Å²) >= 11 is 1.64. The Bertz CT molecular complexity index is 1390. The van der Waals surface area contributed by atoms with Crippen molar-refractivity contribution in [1.82, 2.24) is 24.8 Å². The second kappa shape index (κ2) is 10.4. The molecule has 1 aliphatic heterocycles. The SMILES string of the molecule is CC(C)N(CCC(=O)N1CC=C(c2cc3c(Nc4ccc5ncsc5c4)ccnc3[nH]2)CC1)C(C)C. The molecule has 0 aliphatic carbocycles. The van der Waals surface area contributed by atoms with Crippen LogP contribution in [0.2, 0.25) is 0 Å². The van der Waals surface area contributed by atoms with Crippen molar-refractivity contribution in [2.75, 3.05) is 25.0 Å². The highest BCUT2D eigenvalue weighted by Gasteiger charge is 2.21. The number of hydrogen-bond donors (Lipinski definition) is 2. The van der Waals surface area contributed by atoms with E-state index < -0.39 is 0 Å². The summed E-state index contributed by atoms with van der Waals surface area (Å²) in [7, 11) is 0. The Hall–Kier alpha value is -3.23. The van der Waals surface area contributed by atoms with Gasteiger partial charge in [-0.05, 0) is 70.0 Å². The maximum atomic E-state index is 12.9. The molecule has 188 valence electrons. The number of fused-ring (bicyclic) bond motifs is 2. The number of pyridine rings is 1. The molecule has 1 aliphatic rings. The van der Waals surface area contributed by atoms with Crippen LogP contribution in [-0.2, 0) is 4.79 Å². The molecule has 4 heterocycles. The molecule has 0 radical (unpaired) electrons. The topological polar surface area (TPSA) is 77.2 Å². The fourth-order valence-corrected chi connectivity index (χ4v) is 5.75. The Morgan fingerprint density at radius 3 is 2.75 bits per heavy atom. The number of aromatic nitrogens is 3. The smallest absolute Gasteiger partial charge is 0.224 e. The molecule has 3 aromatic heterocycles. The third-order valence-corrected chi connectivity index (χ3v) is 7.75. The van der Waals surface area contributed by atoms with Crippen LogP contribution in [0.15, 0.2) is 48.1 Å². The fraction of sp³-hybridized carbons (Fsp3) is 0.393. The van der Waals surface area contributed by atoms with Crippen LogP contribution in [0.1, 0.15) is 46.2 Å². The van der Waals surface area contributed by atoms with Crippen LogP contribution in [0, 0.1) is 0 Å². The van der Waals surface area contributed by atoms with Crippen LogP contribution in [0.3, 0.4) is 0 Å². The van der Waals surface area contributed by atoms with E-state index in [-0.39, 0.29) is 5.91 Å². The van der Waals surface area contributed by atoms with Crippen molar-refractivity contribution < 1.29 is 4.79 Å². The number of benzene rings is 1. The van der Waals surface area contributed by atoms with Crippen molar-refractivity contribution in [3.63, 3.8) is 0 Å². The number of H-pyrrole nitrogens is 1. The van der Waals surface area contributed by atoms with Crippen molar-refractivity contribution in [2.24, 2.45) is 0 Å². The number of amides is 1. The summed E-state index contributed by atoms with van der Waals surface area (Å²) in [6.07, 6.45) is 5.41. The number of nitrogens with zero attached hydrogens (tertiary/aromatic N) is 4. The first-order chi connectivity index (χ1) is 17.4. The van der Waals surface area contributed by atoms with E-state index in [4.69, 9.17) is 0 Å². The normalized spacial score (nSPS) is 14.4. The largest absolute Gasteiger partial charge is 0.355 e. The van der Waals surface area contributed by atoms with Crippen LogP contribution in [0.5, 0.6) is 0 Å². The van der Waals surface area contributed by atoms with Gasteiger partial charge in [-0.2, -0.15) is 0 Å². The molecule has 8 heteroatoms. The van der Waals surface area contributed by atoms with Gasteiger partial charge in [0.05, 0.1) is 21.4 Å². The Labute approximate surface area is 216 Å². The minimum Gasteiger partial charge on any atom is -0.355 e. The van der Waals surface area contributed by atoms with Gasteiger partial charge in [0.1, 0.15) is 5.65 Å². The van der Waals surface area contributed by atoms with E-state index >= 15 is 0 Å². The predicted octanol–water partition coefficient (Wildman–Crippen LogP) is 6.04. The van der Waals surface area contributed by atoms with E-state index in [9.17, 15) is 4.79 Å². The van der Waals surface area contributed by atoms with Crippen molar-refractivity contribution in [1.29, 1.82) is 0 Å². The maximum Gasteiger partial charge on any atom is 0.224 e. The lowest BCUT2D eigenvalue weighted by molar-refractivity contribution is -0.131. The zero-order chi connectivity index (χ0) is 25.2. The lowest BCUT2D eigenvalue weighted by atomic mass is 10.0. The summed E-state index contributed by atoms with van der Waals surface area (Å²) < 4.78 is 1.16. The van der Waals surface area contributed by atoms with Gasteiger partial charge < -0.3 is 15.2 Å². The number of aromatic amines is 1. The minimum atomic E-state index is 0.235. The van der Waals surface area contributed by atoms with Gasteiger partial charge in [-0.15, -0.1) is 11.3 Å². The molecule has 0 unspecified atom stereocenters. The molecular weight excluding hydrogens is 468 g/mol. The molecule has 7 nitrogen and oxygen atoms in total. The Morgan fingerprint density at radius 2 is 2.00 bits per heavy atom. The van der Waals surface area contributed by atoms with E-state index in [1.54, 1.807) is 11.3 Å². The first kappa shape index (κ1) is 24.5. The van der Waals surface area contributed by atoms with E-state index in [0.717, 1.165) is 57.8 Å². The summed E-state index contributed by atoms with van der Waals surface area (Å²) in [4.78, 5) is 29.6. The summed E-state index contributed by atoms with van der Waals surface area (Å²) in [5, 5.41) is 4.60. The molecule has 0 atom stereocenters. The quantitative estimate of drug-likeness (QED) is 0.307. The van der Waals surface area contributed by atoms with Crippen LogP contribution in [0.25, 0.3) is 26.8 Å². The molecular formula is C28H34N6OS. The lowest BCUT2D eigenvalue weighted by Gasteiger charge is -2.32. The average molecular weight is 503 g/mol. The highest BCUT2D eigenvalue weighted by molar-refractivity contribution is 7.16. The van der Waals surface area contributed by atoms with E-state index in [1.165, 1.54) is 5.57 Å². The van der Waals surface area contributed by atoms with Crippen molar-refractivity contribution in [2.45, 2.75) is 52.6 Å². The van der Waals surface area contributed by atoms with Crippen LogP contribution < -0.4 is 5.32 Å². The van der Waals surface area contributed by atoms with Gasteiger partial charge in [0.15, 0.2) is 0 Å². The average Bonchev–Trinajstić information content (AvgIpc) is 3.51.